The van der Waals surface area contributed by atoms with Gasteiger partial charge in [-0.3, -0.25) is 9.63 Å². The van der Waals surface area contributed by atoms with Crippen molar-refractivity contribution >= 4 is 5.91 Å². The molecule has 82 valence electrons. The quantitative estimate of drug-likeness (QED) is 0.770. The van der Waals surface area contributed by atoms with Gasteiger partial charge in [0.2, 0.25) is 0 Å². The first-order valence-corrected chi connectivity index (χ1v) is 5.17. The molecule has 0 saturated heterocycles. The third-order valence-electron chi connectivity index (χ3n) is 2.15. The van der Waals surface area contributed by atoms with Gasteiger partial charge in [-0.25, -0.2) is 5.48 Å². The lowest BCUT2D eigenvalue weighted by molar-refractivity contribution is 0.0364. The van der Waals surface area contributed by atoms with Gasteiger partial charge >= 0.3 is 0 Å². The van der Waals surface area contributed by atoms with Gasteiger partial charge in [0, 0.05) is 5.56 Å². The maximum absolute atomic E-state index is 11.4. The van der Waals surface area contributed by atoms with Crippen LogP contribution in [0.1, 0.15) is 42.6 Å². The normalized spacial score (nSPS) is 10.4. The Kier molecular flexibility index (Phi) is 4.31. The Hall–Kier alpha value is -1.35. The van der Waals surface area contributed by atoms with Crippen molar-refractivity contribution in [3.63, 3.8) is 0 Å². The first kappa shape index (κ1) is 11.7. The number of hydroxylamine groups is 1. The van der Waals surface area contributed by atoms with Gasteiger partial charge in [0.1, 0.15) is 0 Å². The van der Waals surface area contributed by atoms with Crippen molar-refractivity contribution in [1.29, 1.82) is 0 Å². The molecule has 0 spiro atoms. The maximum atomic E-state index is 11.4. The second-order valence-electron chi connectivity index (χ2n) is 3.64. The molecule has 0 aliphatic heterocycles. The van der Waals surface area contributed by atoms with Crippen molar-refractivity contribution < 1.29 is 9.63 Å². The van der Waals surface area contributed by atoms with E-state index in [4.69, 9.17) is 4.84 Å². The molecule has 0 radical (unpaired) electrons. The van der Waals surface area contributed by atoms with E-state index < -0.39 is 0 Å². The zero-order valence-electron chi connectivity index (χ0n) is 9.41. The molecule has 0 fully saturated rings. The van der Waals surface area contributed by atoms with Crippen LogP contribution in [-0.4, -0.2) is 12.5 Å². The summed E-state index contributed by atoms with van der Waals surface area (Å²) in [4.78, 5) is 16.3. The molecular formula is C12H17NO2. The van der Waals surface area contributed by atoms with Crippen molar-refractivity contribution in [1.82, 2.24) is 5.48 Å². The van der Waals surface area contributed by atoms with E-state index in [-0.39, 0.29) is 5.91 Å². The number of carbonyl (C=O) groups excluding carboxylic acids is 1. The van der Waals surface area contributed by atoms with E-state index in [0.29, 0.717) is 18.1 Å². The minimum atomic E-state index is -0.202. The molecule has 0 bridgehead atoms. The third-order valence-corrected chi connectivity index (χ3v) is 2.15. The van der Waals surface area contributed by atoms with E-state index >= 15 is 0 Å². The summed E-state index contributed by atoms with van der Waals surface area (Å²) >= 11 is 0. The van der Waals surface area contributed by atoms with Gasteiger partial charge in [0.05, 0.1) is 6.61 Å². The molecular weight excluding hydrogens is 190 g/mol. The van der Waals surface area contributed by atoms with E-state index in [2.05, 4.69) is 19.3 Å². The first-order valence-electron chi connectivity index (χ1n) is 5.17. The molecule has 0 heterocycles. The average molecular weight is 207 g/mol. The Morgan fingerprint density at radius 3 is 2.40 bits per heavy atom. The third kappa shape index (κ3) is 3.36. The van der Waals surface area contributed by atoms with Gasteiger partial charge < -0.3 is 0 Å². The molecule has 0 aromatic heterocycles. The molecule has 15 heavy (non-hydrogen) atoms. The summed E-state index contributed by atoms with van der Waals surface area (Å²) in [6.07, 6.45) is 0. The SMILES string of the molecule is CCONC(=O)c1ccc(C(C)C)cc1. The van der Waals surface area contributed by atoms with Crippen LogP contribution in [0.2, 0.25) is 0 Å². The fourth-order valence-electron chi connectivity index (χ4n) is 1.22. The standard InChI is InChI=1S/C12H17NO2/c1-4-15-13-12(14)11-7-5-10(6-8-11)9(2)3/h5-9H,4H2,1-3H3,(H,13,14). The molecule has 0 saturated carbocycles. The highest BCUT2D eigenvalue weighted by molar-refractivity contribution is 5.93. The van der Waals surface area contributed by atoms with Crippen molar-refractivity contribution in [2.75, 3.05) is 6.61 Å². The fraction of sp³-hybridized carbons (Fsp3) is 0.417. The van der Waals surface area contributed by atoms with Gasteiger partial charge in [-0.1, -0.05) is 26.0 Å². The molecule has 1 amide bonds. The number of hydrogen-bond acceptors (Lipinski definition) is 2. The molecule has 0 aliphatic rings. The predicted octanol–water partition coefficient (Wildman–Crippen LogP) is 2.49. The second kappa shape index (κ2) is 5.51. The Balaban J connectivity index is 2.67. The van der Waals surface area contributed by atoms with Gasteiger partial charge in [-0.2, -0.15) is 0 Å². The van der Waals surface area contributed by atoms with Crippen LogP contribution in [0.25, 0.3) is 0 Å². The summed E-state index contributed by atoms with van der Waals surface area (Å²) in [5.41, 5.74) is 4.20. The van der Waals surface area contributed by atoms with Crippen LogP contribution in [0.15, 0.2) is 24.3 Å². The molecule has 0 aliphatic carbocycles. The summed E-state index contributed by atoms with van der Waals surface area (Å²) in [6, 6.07) is 7.55. The van der Waals surface area contributed by atoms with E-state index in [0.717, 1.165) is 0 Å². The minimum Gasteiger partial charge on any atom is -0.274 e. The Morgan fingerprint density at radius 1 is 1.33 bits per heavy atom. The minimum absolute atomic E-state index is 0.202. The highest BCUT2D eigenvalue weighted by Gasteiger charge is 2.05. The number of carbonyl (C=O) groups is 1. The number of benzene rings is 1. The van der Waals surface area contributed by atoms with Crippen molar-refractivity contribution in [2.45, 2.75) is 26.7 Å². The van der Waals surface area contributed by atoms with E-state index in [1.807, 2.05) is 31.2 Å². The zero-order valence-corrected chi connectivity index (χ0v) is 9.41. The Bertz CT molecular complexity index is 317. The summed E-state index contributed by atoms with van der Waals surface area (Å²) in [6.45, 7) is 6.53. The van der Waals surface area contributed by atoms with Crippen LogP contribution >= 0.6 is 0 Å². The van der Waals surface area contributed by atoms with Crippen LogP contribution in [-0.2, 0) is 4.84 Å². The average Bonchev–Trinajstić information content (AvgIpc) is 2.26. The molecule has 1 N–H and O–H groups in total. The van der Waals surface area contributed by atoms with Crippen LogP contribution in [0.3, 0.4) is 0 Å². The van der Waals surface area contributed by atoms with E-state index in [1.54, 1.807) is 0 Å². The molecule has 0 unspecified atom stereocenters. The highest BCUT2D eigenvalue weighted by atomic mass is 16.6. The highest BCUT2D eigenvalue weighted by Crippen LogP contribution is 2.14. The lowest BCUT2D eigenvalue weighted by atomic mass is 10.0. The number of hydrogen-bond donors (Lipinski definition) is 1. The van der Waals surface area contributed by atoms with Crippen molar-refractivity contribution in [3.8, 4) is 0 Å². The fourth-order valence-corrected chi connectivity index (χ4v) is 1.22. The van der Waals surface area contributed by atoms with Crippen LogP contribution in [0, 0.1) is 0 Å². The van der Waals surface area contributed by atoms with Gasteiger partial charge in [-0.15, -0.1) is 0 Å². The summed E-state index contributed by atoms with van der Waals surface area (Å²) in [7, 11) is 0. The number of nitrogens with one attached hydrogen (secondary N) is 1. The summed E-state index contributed by atoms with van der Waals surface area (Å²) < 4.78 is 0. The predicted molar refractivity (Wildman–Crippen MR) is 59.6 cm³/mol. The lowest BCUT2D eigenvalue weighted by Crippen LogP contribution is -2.23. The van der Waals surface area contributed by atoms with E-state index in [1.165, 1.54) is 5.56 Å². The Morgan fingerprint density at radius 2 is 1.93 bits per heavy atom. The number of rotatable bonds is 4. The zero-order chi connectivity index (χ0) is 11.3. The van der Waals surface area contributed by atoms with Gasteiger partial charge in [0.15, 0.2) is 0 Å². The topological polar surface area (TPSA) is 38.3 Å². The Labute approximate surface area is 90.4 Å². The van der Waals surface area contributed by atoms with Crippen LogP contribution in [0.4, 0.5) is 0 Å². The molecule has 1 aromatic rings. The van der Waals surface area contributed by atoms with Crippen LogP contribution < -0.4 is 5.48 Å². The van der Waals surface area contributed by atoms with E-state index in [9.17, 15) is 4.79 Å². The maximum Gasteiger partial charge on any atom is 0.274 e. The molecule has 3 nitrogen and oxygen atoms in total. The number of amides is 1. The molecule has 3 heteroatoms. The van der Waals surface area contributed by atoms with Crippen molar-refractivity contribution in [2.24, 2.45) is 0 Å². The second-order valence-corrected chi connectivity index (χ2v) is 3.64. The smallest absolute Gasteiger partial charge is 0.274 e. The monoisotopic (exact) mass is 207 g/mol. The summed E-state index contributed by atoms with van der Waals surface area (Å²) in [5, 5.41) is 0. The van der Waals surface area contributed by atoms with Gasteiger partial charge in [-0.05, 0) is 30.5 Å². The summed E-state index contributed by atoms with van der Waals surface area (Å²) in [5.74, 6) is 0.279. The molecule has 1 aromatic carbocycles. The van der Waals surface area contributed by atoms with Gasteiger partial charge in [0.25, 0.3) is 5.91 Å². The molecule has 1 rings (SSSR count). The lowest BCUT2D eigenvalue weighted by Gasteiger charge is -2.07. The largest absolute Gasteiger partial charge is 0.274 e. The van der Waals surface area contributed by atoms with Crippen LogP contribution in [0.5, 0.6) is 0 Å². The first-order chi connectivity index (χ1) is 7.15. The molecule has 0 atom stereocenters. The van der Waals surface area contributed by atoms with Crippen molar-refractivity contribution in [3.05, 3.63) is 35.4 Å².